The zero-order valence-corrected chi connectivity index (χ0v) is 15.9. The fourth-order valence-corrected chi connectivity index (χ4v) is 4.04. The van der Waals surface area contributed by atoms with Crippen LogP contribution in [0.3, 0.4) is 0 Å². The molecule has 8 nitrogen and oxygen atoms in total. The van der Waals surface area contributed by atoms with Crippen molar-refractivity contribution in [2.75, 3.05) is 11.9 Å². The molecule has 0 saturated heterocycles. The molecule has 1 aromatic carbocycles. The molecular weight excluding hydrogens is 380 g/mol. The number of pyridine rings is 1. The van der Waals surface area contributed by atoms with Gasteiger partial charge >= 0.3 is 0 Å². The number of carbonyl (C=O) groups excluding carboxylic acids is 1. The van der Waals surface area contributed by atoms with Crippen LogP contribution >= 0.6 is 0 Å². The van der Waals surface area contributed by atoms with Crippen molar-refractivity contribution in [3.8, 4) is 0 Å². The predicted octanol–water partition coefficient (Wildman–Crippen LogP) is 2.86. The minimum atomic E-state index is -3.76. The van der Waals surface area contributed by atoms with Gasteiger partial charge < -0.3 is 9.73 Å². The molecule has 28 heavy (non-hydrogen) atoms. The minimum Gasteiger partial charge on any atom is -0.449 e. The Bertz CT molecular complexity index is 1200. The Morgan fingerprint density at radius 3 is 2.82 bits per heavy atom. The average Bonchev–Trinajstić information content (AvgIpc) is 3.30. The second kappa shape index (κ2) is 7.08. The molecule has 3 heterocycles. The summed E-state index contributed by atoms with van der Waals surface area (Å²) in [5, 5.41) is 2.66. The number of hydrogen-bond acceptors (Lipinski definition) is 6. The van der Waals surface area contributed by atoms with Gasteiger partial charge in [0.05, 0.1) is 4.90 Å². The van der Waals surface area contributed by atoms with Gasteiger partial charge in [-0.15, -0.1) is 0 Å². The summed E-state index contributed by atoms with van der Waals surface area (Å²) < 4.78 is 33.0. The lowest BCUT2D eigenvalue weighted by atomic mass is 10.3. The van der Waals surface area contributed by atoms with Gasteiger partial charge in [0.25, 0.3) is 15.9 Å². The number of amidine groups is 1. The lowest BCUT2D eigenvalue weighted by molar-refractivity contribution is 0.0998. The summed E-state index contributed by atoms with van der Waals surface area (Å²) >= 11 is 0. The molecule has 0 unspecified atom stereocenters. The molecule has 0 spiro atoms. The molecule has 0 bridgehead atoms. The Labute approximate surface area is 161 Å². The Balaban J connectivity index is 1.54. The third kappa shape index (κ3) is 3.74. The fourth-order valence-electron chi connectivity index (χ4n) is 2.91. The van der Waals surface area contributed by atoms with Gasteiger partial charge in [0.15, 0.2) is 11.3 Å². The number of hydrogen-bond donors (Lipinski definition) is 2. The summed E-state index contributed by atoms with van der Waals surface area (Å²) in [4.78, 5) is 21.0. The smallest absolute Gasteiger partial charge is 0.291 e. The topological polar surface area (TPSA) is 114 Å². The van der Waals surface area contributed by atoms with Gasteiger partial charge in [0, 0.05) is 30.4 Å². The van der Waals surface area contributed by atoms with Gasteiger partial charge in [0.1, 0.15) is 11.4 Å². The van der Waals surface area contributed by atoms with E-state index in [0.29, 0.717) is 35.6 Å². The van der Waals surface area contributed by atoms with Gasteiger partial charge in [0.2, 0.25) is 0 Å². The van der Waals surface area contributed by atoms with Crippen LogP contribution in [0.5, 0.6) is 0 Å². The monoisotopic (exact) mass is 398 g/mol. The molecule has 1 aliphatic heterocycles. The number of anilines is 1. The van der Waals surface area contributed by atoms with Crippen molar-refractivity contribution in [3.63, 3.8) is 0 Å². The van der Waals surface area contributed by atoms with Gasteiger partial charge in [-0.1, -0.05) is 6.07 Å². The van der Waals surface area contributed by atoms with Crippen LogP contribution in [0.15, 0.2) is 56.8 Å². The largest absolute Gasteiger partial charge is 0.449 e. The van der Waals surface area contributed by atoms with Crippen LogP contribution in [0.1, 0.15) is 29.1 Å². The SMILES string of the molecule is Cc1ccc2oc(C(=O)Nc3cccc(S(=O)(=O)NC4=NCCC4)c3)cc2n1. The normalized spacial score (nSPS) is 14.1. The van der Waals surface area contributed by atoms with Crippen LogP contribution in [0.25, 0.3) is 11.1 Å². The number of nitrogens with one attached hydrogen (secondary N) is 2. The number of nitrogens with zero attached hydrogens (tertiary/aromatic N) is 2. The van der Waals surface area contributed by atoms with E-state index in [1.165, 1.54) is 12.1 Å². The van der Waals surface area contributed by atoms with E-state index in [9.17, 15) is 13.2 Å². The number of sulfonamides is 1. The number of amides is 1. The van der Waals surface area contributed by atoms with E-state index >= 15 is 0 Å². The third-order valence-corrected chi connectivity index (χ3v) is 5.64. The zero-order valence-electron chi connectivity index (χ0n) is 15.1. The molecule has 0 saturated carbocycles. The molecule has 2 N–H and O–H groups in total. The van der Waals surface area contributed by atoms with E-state index in [4.69, 9.17) is 4.42 Å². The first-order valence-corrected chi connectivity index (χ1v) is 10.2. The van der Waals surface area contributed by atoms with Crippen LogP contribution in [0.4, 0.5) is 5.69 Å². The van der Waals surface area contributed by atoms with Gasteiger partial charge in [-0.25, -0.2) is 13.4 Å². The minimum absolute atomic E-state index is 0.0433. The Morgan fingerprint density at radius 2 is 2.04 bits per heavy atom. The second-order valence-electron chi connectivity index (χ2n) is 6.47. The molecule has 0 aliphatic carbocycles. The lowest BCUT2D eigenvalue weighted by Gasteiger charge is -2.09. The zero-order chi connectivity index (χ0) is 19.7. The summed E-state index contributed by atoms with van der Waals surface area (Å²) in [6, 6.07) is 11.1. The highest BCUT2D eigenvalue weighted by Gasteiger charge is 2.19. The highest BCUT2D eigenvalue weighted by molar-refractivity contribution is 7.90. The first kappa shape index (κ1) is 18.2. The third-order valence-electron chi connectivity index (χ3n) is 4.27. The number of fused-ring (bicyclic) bond motifs is 1. The van der Waals surface area contributed by atoms with E-state index in [2.05, 4.69) is 20.0 Å². The molecule has 9 heteroatoms. The number of aromatic nitrogens is 1. The maximum Gasteiger partial charge on any atom is 0.291 e. The van der Waals surface area contributed by atoms with E-state index in [1.54, 1.807) is 30.3 Å². The van der Waals surface area contributed by atoms with Crippen molar-refractivity contribution >= 4 is 38.6 Å². The molecule has 2 aromatic heterocycles. The van der Waals surface area contributed by atoms with E-state index in [1.807, 2.05) is 6.92 Å². The standard InChI is InChI=1S/C19H18N4O4S/c1-12-7-8-16-15(21-12)11-17(27-16)19(24)22-13-4-2-5-14(10-13)28(25,26)23-18-6-3-9-20-18/h2,4-5,7-8,10-11H,3,6,9H2,1H3,(H,20,23)(H,22,24). The summed E-state index contributed by atoms with van der Waals surface area (Å²) in [7, 11) is -3.76. The number of aryl methyl sites for hydroxylation is 1. The average molecular weight is 398 g/mol. The number of carbonyl (C=O) groups is 1. The Hall–Kier alpha value is -3.20. The van der Waals surface area contributed by atoms with Crippen LogP contribution in [0, 0.1) is 6.92 Å². The predicted molar refractivity (Wildman–Crippen MR) is 105 cm³/mol. The maximum atomic E-state index is 12.5. The van der Waals surface area contributed by atoms with E-state index in [0.717, 1.165) is 12.1 Å². The number of benzene rings is 1. The van der Waals surface area contributed by atoms with Gasteiger partial charge in [-0.3, -0.25) is 14.5 Å². The molecular formula is C19H18N4O4S. The first-order chi connectivity index (χ1) is 13.4. The van der Waals surface area contributed by atoms with Crippen LogP contribution in [-0.4, -0.2) is 31.7 Å². The Kier molecular flexibility index (Phi) is 4.60. The van der Waals surface area contributed by atoms with Crippen molar-refractivity contribution in [1.82, 2.24) is 9.71 Å². The summed E-state index contributed by atoms with van der Waals surface area (Å²) in [5.41, 5.74) is 2.25. The molecule has 3 aromatic rings. The highest BCUT2D eigenvalue weighted by atomic mass is 32.2. The summed E-state index contributed by atoms with van der Waals surface area (Å²) in [6.45, 7) is 2.48. The molecule has 1 amide bonds. The highest BCUT2D eigenvalue weighted by Crippen LogP contribution is 2.21. The first-order valence-electron chi connectivity index (χ1n) is 8.75. The van der Waals surface area contributed by atoms with Gasteiger partial charge in [-0.2, -0.15) is 0 Å². The quantitative estimate of drug-likeness (QED) is 0.701. The van der Waals surface area contributed by atoms with Crippen LogP contribution < -0.4 is 10.0 Å². The number of furan rings is 1. The summed E-state index contributed by atoms with van der Waals surface area (Å²) in [5.74, 6) is 0.0673. The van der Waals surface area contributed by atoms with Crippen LogP contribution in [0.2, 0.25) is 0 Å². The molecule has 0 fully saturated rings. The van der Waals surface area contributed by atoms with Crippen molar-refractivity contribution < 1.29 is 17.6 Å². The summed E-state index contributed by atoms with van der Waals surface area (Å²) in [6.07, 6.45) is 1.44. The van der Waals surface area contributed by atoms with E-state index in [-0.39, 0.29) is 10.7 Å². The molecule has 144 valence electrons. The Morgan fingerprint density at radius 1 is 1.18 bits per heavy atom. The second-order valence-corrected chi connectivity index (χ2v) is 8.15. The number of rotatable bonds is 4. The van der Waals surface area contributed by atoms with Crippen molar-refractivity contribution in [1.29, 1.82) is 0 Å². The molecule has 0 atom stereocenters. The van der Waals surface area contributed by atoms with Crippen molar-refractivity contribution in [2.24, 2.45) is 4.99 Å². The molecule has 1 aliphatic rings. The van der Waals surface area contributed by atoms with Crippen molar-refractivity contribution in [3.05, 3.63) is 53.9 Å². The molecule has 0 radical (unpaired) electrons. The number of aliphatic imine (C=N–C) groups is 1. The van der Waals surface area contributed by atoms with Crippen LogP contribution in [-0.2, 0) is 10.0 Å². The molecule has 4 rings (SSSR count). The fraction of sp³-hybridized carbons (Fsp3) is 0.211. The van der Waals surface area contributed by atoms with Crippen molar-refractivity contribution in [2.45, 2.75) is 24.7 Å². The maximum absolute atomic E-state index is 12.5. The lowest BCUT2D eigenvalue weighted by Crippen LogP contribution is -2.29. The van der Waals surface area contributed by atoms with E-state index < -0.39 is 15.9 Å². The van der Waals surface area contributed by atoms with Gasteiger partial charge in [-0.05, 0) is 43.7 Å².